The van der Waals surface area contributed by atoms with Crippen LogP contribution >= 0.6 is 0 Å². The van der Waals surface area contributed by atoms with Gasteiger partial charge < -0.3 is 0 Å². The number of rotatable bonds is 4. The maximum Gasteiger partial charge on any atom is 0.459 e. The first-order valence-corrected chi connectivity index (χ1v) is 3.91. The number of halogens is 9. The highest BCUT2D eigenvalue weighted by molar-refractivity contribution is 4.91. The molecule has 0 saturated heterocycles. The Balaban J connectivity index is 4.79. The zero-order valence-electron chi connectivity index (χ0n) is 7.82. The van der Waals surface area contributed by atoms with Crippen LogP contribution in [0.2, 0.25) is 0 Å². The van der Waals surface area contributed by atoms with Crippen molar-refractivity contribution in [3.8, 4) is 0 Å². The van der Waals surface area contributed by atoms with E-state index in [1.165, 1.54) is 0 Å². The highest BCUT2D eigenvalue weighted by atomic mass is 19.4. The summed E-state index contributed by atoms with van der Waals surface area (Å²) in [5.74, 6) is -15.6. The second-order valence-electron chi connectivity index (χ2n) is 3.35. The van der Waals surface area contributed by atoms with Gasteiger partial charge in [0.2, 0.25) is 5.92 Å². The van der Waals surface area contributed by atoms with Gasteiger partial charge in [0.05, 0.1) is 0 Å². The highest BCUT2D eigenvalue weighted by Crippen LogP contribution is 2.49. The van der Waals surface area contributed by atoms with E-state index in [9.17, 15) is 39.5 Å². The molecule has 0 aromatic rings. The average molecular weight is 262 g/mol. The molecule has 0 amide bonds. The van der Waals surface area contributed by atoms with Crippen LogP contribution < -0.4 is 0 Å². The summed E-state index contributed by atoms with van der Waals surface area (Å²) in [4.78, 5) is 0. The van der Waals surface area contributed by atoms with Gasteiger partial charge in [-0.3, -0.25) is 0 Å². The molecule has 0 fully saturated rings. The first kappa shape index (κ1) is 15.4. The largest absolute Gasteiger partial charge is 0.459 e. The molecule has 0 aliphatic carbocycles. The summed E-state index contributed by atoms with van der Waals surface area (Å²) in [6, 6.07) is 0. The summed E-state index contributed by atoms with van der Waals surface area (Å²) in [7, 11) is 0. The van der Waals surface area contributed by atoms with E-state index in [-0.39, 0.29) is 6.92 Å². The van der Waals surface area contributed by atoms with Crippen molar-refractivity contribution in [1.29, 1.82) is 0 Å². The van der Waals surface area contributed by atoms with E-state index in [0.29, 0.717) is 0 Å². The Morgan fingerprint density at radius 3 is 1.31 bits per heavy atom. The molecule has 0 heterocycles. The summed E-state index contributed by atoms with van der Waals surface area (Å²) in [6.45, 7) is 0.148. The van der Waals surface area contributed by atoms with Crippen LogP contribution in [0.3, 0.4) is 0 Å². The van der Waals surface area contributed by atoms with Gasteiger partial charge in [-0.05, 0) is 6.92 Å². The predicted octanol–water partition coefficient (Wildman–Crippen LogP) is 4.25. The lowest BCUT2D eigenvalue weighted by Gasteiger charge is -2.28. The Morgan fingerprint density at radius 2 is 1.06 bits per heavy atom. The molecule has 0 rings (SSSR count). The van der Waals surface area contributed by atoms with E-state index in [0.717, 1.165) is 0 Å². The fraction of sp³-hybridized carbons (Fsp3) is 1.00. The first-order valence-electron chi connectivity index (χ1n) is 3.91. The summed E-state index contributed by atoms with van der Waals surface area (Å²) in [6.07, 6.45) is -10.5. The molecule has 0 unspecified atom stereocenters. The van der Waals surface area contributed by atoms with Crippen molar-refractivity contribution in [2.24, 2.45) is 0 Å². The summed E-state index contributed by atoms with van der Waals surface area (Å²) < 4.78 is 108. The lowest BCUT2D eigenvalue weighted by molar-refractivity contribution is -0.356. The van der Waals surface area contributed by atoms with Gasteiger partial charge in [0.25, 0.3) is 0 Å². The Kier molecular flexibility index (Phi) is 3.83. The zero-order chi connectivity index (χ0) is 13.4. The molecule has 9 heteroatoms. The Morgan fingerprint density at radius 1 is 0.688 bits per heavy atom. The Labute approximate surface area is 84.4 Å². The summed E-state index contributed by atoms with van der Waals surface area (Å²) >= 11 is 0. The van der Waals surface area contributed by atoms with Gasteiger partial charge in [0.1, 0.15) is 0 Å². The molecule has 0 atom stereocenters. The molecule has 0 nitrogen and oxygen atoms in total. The summed E-state index contributed by atoms with van der Waals surface area (Å²) in [5.41, 5.74) is 0. The molecular formula is C7H7F9. The minimum absolute atomic E-state index is 0.148. The molecule has 0 radical (unpaired) electrons. The molecule has 16 heavy (non-hydrogen) atoms. The highest BCUT2D eigenvalue weighted by Gasteiger charge is 2.72. The van der Waals surface area contributed by atoms with Gasteiger partial charge in [-0.2, -0.15) is 30.7 Å². The van der Waals surface area contributed by atoms with Crippen LogP contribution in [0.5, 0.6) is 0 Å². The average Bonchev–Trinajstić information content (AvgIpc) is 1.97. The van der Waals surface area contributed by atoms with E-state index in [1.54, 1.807) is 0 Å². The molecule has 0 bridgehead atoms. The minimum atomic E-state index is -6.47. The molecule has 0 aromatic heterocycles. The van der Waals surface area contributed by atoms with Gasteiger partial charge in [-0.1, -0.05) is 0 Å². The van der Waals surface area contributed by atoms with Gasteiger partial charge in [-0.15, -0.1) is 0 Å². The standard InChI is InChI=1S/C7H7F9/c1-4(8,9)2-3-5(10,11)6(12,13)7(14,15)16/h2-3H2,1H3. The quantitative estimate of drug-likeness (QED) is 0.664. The molecule has 0 aliphatic rings. The van der Waals surface area contributed by atoms with Crippen LogP contribution in [-0.4, -0.2) is 23.9 Å². The molecule has 98 valence electrons. The van der Waals surface area contributed by atoms with Gasteiger partial charge in [-0.25, -0.2) is 8.78 Å². The van der Waals surface area contributed by atoms with Crippen molar-refractivity contribution >= 4 is 0 Å². The Bertz CT molecular complexity index is 233. The van der Waals surface area contributed by atoms with Crippen LogP contribution in [-0.2, 0) is 0 Å². The third-order valence-corrected chi connectivity index (χ3v) is 1.69. The molecule has 0 aromatic carbocycles. The maximum absolute atomic E-state index is 12.4. The van der Waals surface area contributed by atoms with Crippen LogP contribution in [0, 0.1) is 0 Å². The first-order chi connectivity index (χ1) is 6.71. The predicted molar refractivity (Wildman–Crippen MR) is 35.8 cm³/mol. The van der Waals surface area contributed by atoms with Crippen molar-refractivity contribution < 1.29 is 39.5 Å². The third-order valence-electron chi connectivity index (χ3n) is 1.69. The second-order valence-corrected chi connectivity index (χ2v) is 3.35. The molecule has 0 aliphatic heterocycles. The lowest BCUT2D eigenvalue weighted by atomic mass is 10.0. The lowest BCUT2D eigenvalue weighted by Crippen LogP contribution is -2.52. The fourth-order valence-electron chi connectivity index (χ4n) is 0.741. The topological polar surface area (TPSA) is 0 Å². The smallest absolute Gasteiger partial charge is 0.207 e. The van der Waals surface area contributed by atoms with E-state index in [1.807, 2.05) is 0 Å². The molecule has 0 spiro atoms. The van der Waals surface area contributed by atoms with E-state index >= 15 is 0 Å². The van der Waals surface area contributed by atoms with E-state index in [2.05, 4.69) is 0 Å². The van der Waals surface area contributed by atoms with Gasteiger partial charge >= 0.3 is 18.0 Å². The second kappa shape index (κ2) is 3.99. The normalized spacial score (nSPS) is 15.4. The monoisotopic (exact) mass is 262 g/mol. The zero-order valence-corrected chi connectivity index (χ0v) is 7.82. The fourth-order valence-corrected chi connectivity index (χ4v) is 0.741. The Hall–Kier alpha value is -0.630. The van der Waals surface area contributed by atoms with Crippen molar-refractivity contribution in [3.63, 3.8) is 0 Å². The van der Waals surface area contributed by atoms with Gasteiger partial charge in [0.15, 0.2) is 0 Å². The molecular weight excluding hydrogens is 255 g/mol. The van der Waals surface area contributed by atoms with Crippen molar-refractivity contribution in [2.75, 3.05) is 0 Å². The van der Waals surface area contributed by atoms with E-state index < -0.39 is 36.8 Å². The maximum atomic E-state index is 12.4. The van der Waals surface area contributed by atoms with Crippen LogP contribution in [0.4, 0.5) is 39.5 Å². The summed E-state index contributed by atoms with van der Waals surface area (Å²) in [5, 5.41) is 0. The SMILES string of the molecule is CC(F)(F)CCC(F)(F)C(F)(F)C(F)(F)F. The van der Waals surface area contributed by atoms with Crippen molar-refractivity contribution in [1.82, 2.24) is 0 Å². The third kappa shape index (κ3) is 3.44. The van der Waals surface area contributed by atoms with Crippen LogP contribution in [0.25, 0.3) is 0 Å². The number of alkyl halides is 9. The molecule has 0 saturated carbocycles. The van der Waals surface area contributed by atoms with Crippen LogP contribution in [0.1, 0.15) is 19.8 Å². The van der Waals surface area contributed by atoms with Crippen molar-refractivity contribution in [3.05, 3.63) is 0 Å². The number of hydrogen-bond donors (Lipinski definition) is 0. The minimum Gasteiger partial charge on any atom is -0.207 e. The molecule has 0 N–H and O–H groups in total. The van der Waals surface area contributed by atoms with Crippen LogP contribution in [0.15, 0.2) is 0 Å². The van der Waals surface area contributed by atoms with Gasteiger partial charge in [0, 0.05) is 12.8 Å². The van der Waals surface area contributed by atoms with E-state index in [4.69, 9.17) is 0 Å². The van der Waals surface area contributed by atoms with Crippen molar-refractivity contribution in [2.45, 2.75) is 43.7 Å². The number of hydrogen-bond acceptors (Lipinski definition) is 0.